The number of esters is 2. The van der Waals surface area contributed by atoms with Gasteiger partial charge in [0.25, 0.3) is 0 Å². The zero-order chi connectivity index (χ0) is 54.5. The molecule has 0 aromatic rings. The SMILES string of the molecule is CC/C=C\C/C=C\C/C=C\C/C=C\C/C=C\C/C=C\C/C=C\C/C=C\C/C=C\CCCC(=O)OC(COC(=O)CCCCCCCCCCCCCC/C=C\C/C=C\C/C=C\C/C=C\CC)COP(=O)(O)OCCN. The molecule has 75 heavy (non-hydrogen) atoms. The van der Waals surface area contributed by atoms with Gasteiger partial charge in [-0.25, -0.2) is 4.57 Å². The lowest BCUT2D eigenvalue weighted by Crippen LogP contribution is -2.29. The molecule has 0 aliphatic rings. The summed E-state index contributed by atoms with van der Waals surface area (Å²) in [5.41, 5.74) is 5.38. The number of unbranched alkanes of at least 4 members (excludes halogenated alkanes) is 13. The lowest BCUT2D eigenvalue weighted by Gasteiger charge is -2.19. The second kappa shape index (κ2) is 58.9. The summed E-state index contributed by atoms with van der Waals surface area (Å²) >= 11 is 0. The van der Waals surface area contributed by atoms with Crippen molar-refractivity contribution in [1.82, 2.24) is 0 Å². The van der Waals surface area contributed by atoms with E-state index < -0.39 is 32.5 Å². The van der Waals surface area contributed by atoms with E-state index in [1.54, 1.807) is 0 Å². The van der Waals surface area contributed by atoms with Crippen LogP contribution in [0.15, 0.2) is 158 Å². The van der Waals surface area contributed by atoms with Gasteiger partial charge in [-0.2, -0.15) is 0 Å². The van der Waals surface area contributed by atoms with Gasteiger partial charge in [-0.3, -0.25) is 18.6 Å². The number of phosphoric ester groups is 1. The number of carbonyl (C=O) groups excluding carboxylic acids is 2. The van der Waals surface area contributed by atoms with Crippen LogP contribution < -0.4 is 5.73 Å². The van der Waals surface area contributed by atoms with Gasteiger partial charge in [0.15, 0.2) is 6.10 Å². The summed E-state index contributed by atoms with van der Waals surface area (Å²) in [4.78, 5) is 35.2. The van der Waals surface area contributed by atoms with Gasteiger partial charge in [0, 0.05) is 19.4 Å². The summed E-state index contributed by atoms with van der Waals surface area (Å²) < 4.78 is 33.0. The number of ether oxygens (including phenoxy) is 2. The lowest BCUT2D eigenvalue weighted by molar-refractivity contribution is -0.161. The van der Waals surface area contributed by atoms with E-state index in [1.807, 2.05) is 6.08 Å². The molecule has 0 aliphatic heterocycles. The Kier molecular flexibility index (Phi) is 55.5. The van der Waals surface area contributed by atoms with Crippen molar-refractivity contribution in [3.05, 3.63) is 158 Å². The maximum absolute atomic E-state index is 12.7. The Morgan fingerprint density at radius 3 is 1.07 bits per heavy atom. The highest BCUT2D eigenvalue weighted by atomic mass is 31.2. The molecular weight excluding hydrogens is 954 g/mol. The molecule has 422 valence electrons. The van der Waals surface area contributed by atoms with Crippen LogP contribution in [-0.2, 0) is 32.7 Å². The molecular formula is C65H104NO8P. The van der Waals surface area contributed by atoms with E-state index in [-0.39, 0.29) is 32.6 Å². The van der Waals surface area contributed by atoms with Crippen molar-refractivity contribution in [2.75, 3.05) is 26.4 Å². The van der Waals surface area contributed by atoms with E-state index in [0.717, 1.165) is 103 Å². The maximum atomic E-state index is 12.7. The molecule has 0 saturated carbocycles. The Morgan fingerprint density at radius 2 is 0.707 bits per heavy atom. The Morgan fingerprint density at radius 1 is 0.400 bits per heavy atom. The van der Waals surface area contributed by atoms with Gasteiger partial charge in [0.05, 0.1) is 13.2 Å². The fourth-order valence-corrected chi connectivity index (χ4v) is 7.98. The molecule has 0 saturated heterocycles. The van der Waals surface area contributed by atoms with E-state index in [4.69, 9.17) is 24.3 Å². The van der Waals surface area contributed by atoms with Crippen molar-refractivity contribution < 1.29 is 37.6 Å². The van der Waals surface area contributed by atoms with E-state index in [1.165, 1.54) is 57.8 Å². The molecule has 3 N–H and O–H groups in total. The van der Waals surface area contributed by atoms with Gasteiger partial charge in [0.1, 0.15) is 6.61 Å². The Balaban J connectivity index is 4.15. The molecule has 0 rings (SSSR count). The van der Waals surface area contributed by atoms with Crippen LogP contribution in [0.25, 0.3) is 0 Å². The molecule has 0 aromatic heterocycles. The standard InChI is InChI=1S/C65H104NO8P/c1-3-5-7-9-11-13-15-17-19-21-23-25-27-29-30-31-32-34-36-38-40-42-44-46-48-50-52-54-56-58-65(68)74-63(62-73-75(69,70)72-60-59-66)61-71-64(67)57-55-53-51-49-47-45-43-41-39-37-35-33-28-26-24-22-20-18-16-14-12-10-8-6-4-2/h5-8,11-14,17-20,23-26,29-30,32,34,38,40,44,46,50,52,63H,3-4,9-10,15-16,21-22,27-28,31,33,35-37,39,41-43,45,47-49,51,53-62,66H2,1-2H3,(H,69,70)/b7-5-,8-6-,13-11-,14-12-,19-17-,20-18-,25-23-,26-24-,30-29-,34-32-,40-38-,46-44-,52-50-. The van der Waals surface area contributed by atoms with Crippen LogP contribution in [0.4, 0.5) is 0 Å². The molecule has 0 aromatic carbocycles. The van der Waals surface area contributed by atoms with Gasteiger partial charge >= 0.3 is 19.8 Å². The highest BCUT2D eigenvalue weighted by molar-refractivity contribution is 7.47. The van der Waals surface area contributed by atoms with Gasteiger partial charge in [-0.15, -0.1) is 0 Å². The summed E-state index contributed by atoms with van der Waals surface area (Å²) in [6, 6.07) is 0. The summed E-state index contributed by atoms with van der Waals surface area (Å²) in [7, 11) is -4.42. The predicted octanol–water partition coefficient (Wildman–Crippen LogP) is 18.5. The van der Waals surface area contributed by atoms with Crippen LogP contribution in [0, 0.1) is 0 Å². The fraction of sp³-hybridized carbons (Fsp3) is 0.569. The van der Waals surface area contributed by atoms with Crippen LogP contribution in [0.1, 0.15) is 206 Å². The second-order valence-corrected chi connectivity index (χ2v) is 19.8. The van der Waals surface area contributed by atoms with E-state index in [2.05, 4.69) is 166 Å². The second-order valence-electron chi connectivity index (χ2n) is 18.4. The van der Waals surface area contributed by atoms with Gasteiger partial charge in [-0.1, -0.05) is 236 Å². The van der Waals surface area contributed by atoms with Gasteiger partial charge < -0.3 is 20.1 Å². The molecule has 2 atom stereocenters. The number of hydrogen-bond donors (Lipinski definition) is 2. The number of rotatable bonds is 52. The van der Waals surface area contributed by atoms with Crippen molar-refractivity contribution in [2.45, 2.75) is 213 Å². The Labute approximate surface area is 458 Å². The molecule has 0 aliphatic carbocycles. The smallest absolute Gasteiger partial charge is 0.462 e. The molecule has 9 nitrogen and oxygen atoms in total. The monoisotopic (exact) mass is 1060 g/mol. The number of hydrogen-bond acceptors (Lipinski definition) is 8. The maximum Gasteiger partial charge on any atom is 0.472 e. The predicted molar refractivity (Wildman–Crippen MR) is 320 cm³/mol. The summed E-state index contributed by atoms with van der Waals surface area (Å²) in [6.45, 7) is 3.43. The number of allylic oxidation sites excluding steroid dienone is 26. The van der Waals surface area contributed by atoms with Crippen molar-refractivity contribution >= 4 is 19.8 Å². The zero-order valence-corrected chi connectivity index (χ0v) is 47.9. The highest BCUT2D eigenvalue weighted by Gasteiger charge is 2.26. The molecule has 0 heterocycles. The highest BCUT2D eigenvalue weighted by Crippen LogP contribution is 2.43. The average molecular weight is 1060 g/mol. The fourth-order valence-electron chi connectivity index (χ4n) is 7.22. The number of carbonyl (C=O) groups is 2. The minimum absolute atomic E-state index is 0.0350. The first-order valence-electron chi connectivity index (χ1n) is 29.0. The first-order valence-corrected chi connectivity index (χ1v) is 30.5. The summed E-state index contributed by atoms with van der Waals surface area (Å²) in [5.74, 6) is -0.912. The largest absolute Gasteiger partial charge is 0.472 e. The van der Waals surface area contributed by atoms with Crippen LogP contribution in [0.3, 0.4) is 0 Å². The van der Waals surface area contributed by atoms with E-state index >= 15 is 0 Å². The normalized spacial score (nSPS) is 14.2. The third kappa shape index (κ3) is 58.7. The third-order valence-corrected chi connectivity index (χ3v) is 12.4. The topological polar surface area (TPSA) is 134 Å². The first-order chi connectivity index (χ1) is 36.8. The lowest BCUT2D eigenvalue weighted by atomic mass is 10.0. The molecule has 0 bridgehead atoms. The van der Waals surface area contributed by atoms with Crippen molar-refractivity contribution in [3.8, 4) is 0 Å². The molecule has 10 heteroatoms. The van der Waals surface area contributed by atoms with Crippen molar-refractivity contribution in [2.24, 2.45) is 5.73 Å². The summed E-state index contributed by atoms with van der Waals surface area (Å²) in [6.07, 6.45) is 85.9. The van der Waals surface area contributed by atoms with E-state index in [9.17, 15) is 19.0 Å². The van der Waals surface area contributed by atoms with Crippen LogP contribution >= 0.6 is 7.82 Å². The molecule has 0 amide bonds. The third-order valence-electron chi connectivity index (χ3n) is 11.4. The Bertz CT molecular complexity index is 1780. The van der Waals surface area contributed by atoms with Crippen molar-refractivity contribution in [1.29, 1.82) is 0 Å². The van der Waals surface area contributed by atoms with Crippen LogP contribution in [-0.4, -0.2) is 49.3 Å². The quantitative estimate of drug-likeness (QED) is 0.0264. The molecule has 2 unspecified atom stereocenters. The number of phosphoric acid groups is 1. The zero-order valence-electron chi connectivity index (χ0n) is 47.0. The summed E-state index contributed by atoms with van der Waals surface area (Å²) in [5, 5.41) is 0. The Hall–Kier alpha value is -4.37. The minimum atomic E-state index is -4.42. The van der Waals surface area contributed by atoms with Crippen LogP contribution in [0.2, 0.25) is 0 Å². The minimum Gasteiger partial charge on any atom is -0.462 e. The molecule has 0 fully saturated rings. The molecule has 0 radical (unpaired) electrons. The van der Waals surface area contributed by atoms with Gasteiger partial charge in [0.2, 0.25) is 0 Å². The molecule has 0 spiro atoms. The van der Waals surface area contributed by atoms with Crippen molar-refractivity contribution in [3.63, 3.8) is 0 Å². The van der Waals surface area contributed by atoms with Gasteiger partial charge in [-0.05, 0) is 116 Å². The van der Waals surface area contributed by atoms with E-state index in [0.29, 0.717) is 19.3 Å². The first kappa shape index (κ1) is 70.6. The number of nitrogens with two attached hydrogens (primary N) is 1. The average Bonchev–Trinajstić information content (AvgIpc) is 3.40. The van der Waals surface area contributed by atoms with Crippen LogP contribution in [0.5, 0.6) is 0 Å².